The molecule has 0 spiro atoms. The second-order valence-electron chi connectivity index (χ2n) is 2.30. The van der Waals surface area contributed by atoms with Crippen LogP contribution in [0.1, 0.15) is 13.3 Å². The molecular formula is C6H10N2O2. The molecule has 1 aliphatic heterocycles. The molecule has 1 atom stereocenters. The quantitative estimate of drug-likeness (QED) is 0.535. The summed E-state index contributed by atoms with van der Waals surface area (Å²) < 4.78 is 0. The van der Waals surface area contributed by atoms with Gasteiger partial charge in [0.1, 0.15) is 0 Å². The molecule has 4 nitrogen and oxygen atoms in total. The lowest BCUT2D eigenvalue weighted by atomic mass is 10.1. The predicted octanol–water partition coefficient (Wildman–Crippen LogP) is -0.148. The van der Waals surface area contributed by atoms with Gasteiger partial charge in [-0.1, -0.05) is 6.92 Å². The lowest BCUT2D eigenvalue weighted by molar-refractivity contribution is -0.124. The van der Waals surface area contributed by atoms with Crippen molar-refractivity contribution in [2.75, 3.05) is 6.54 Å². The standard InChI is InChI=1S/C6H10N2O2/c1-2-4-3-7-6(10)8-5(4)9/h4H,2-3H2,1H3,(H2,7,8,9,10). The molecule has 0 aromatic carbocycles. The van der Waals surface area contributed by atoms with E-state index in [2.05, 4.69) is 10.6 Å². The normalized spacial score (nSPS) is 25.5. The molecule has 0 aromatic heterocycles. The summed E-state index contributed by atoms with van der Waals surface area (Å²) in [6.45, 7) is 2.39. The van der Waals surface area contributed by atoms with Crippen molar-refractivity contribution in [1.29, 1.82) is 0 Å². The molecule has 1 heterocycles. The van der Waals surface area contributed by atoms with Gasteiger partial charge >= 0.3 is 6.03 Å². The number of hydrogen-bond acceptors (Lipinski definition) is 2. The second kappa shape index (κ2) is 2.68. The molecule has 0 bridgehead atoms. The molecule has 10 heavy (non-hydrogen) atoms. The molecule has 1 saturated heterocycles. The van der Waals surface area contributed by atoms with E-state index in [1.165, 1.54) is 0 Å². The first-order valence-corrected chi connectivity index (χ1v) is 3.32. The van der Waals surface area contributed by atoms with Gasteiger partial charge in [0.2, 0.25) is 5.91 Å². The Balaban J connectivity index is 2.51. The number of imide groups is 1. The summed E-state index contributed by atoms with van der Waals surface area (Å²) in [5, 5.41) is 4.73. The van der Waals surface area contributed by atoms with E-state index in [0.717, 1.165) is 6.42 Å². The van der Waals surface area contributed by atoms with Crippen molar-refractivity contribution < 1.29 is 9.59 Å². The molecule has 0 radical (unpaired) electrons. The Kier molecular flexibility index (Phi) is 1.89. The van der Waals surface area contributed by atoms with Crippen molar-refractivity contribution in [2.24, 2.45) is 5.92 Å². The van der Waals surface area contributed by atoms with E-state index in [1.54, 1.807) is 0 Å². The maximum atomic E-state index is 10.9. The zero-order valence-corrected chi connectivity index (χ0v) is 5.81. The van der Waals surface area contributed by atoms with E-state index < -0.39 is 0 Å². The van der Waals surface area contributed by atoms with Gasteiger partial charge in [0, 0.05) is 6.54 Å². The molecule has 1 unspecified atom stereocenters. The van der Waals surface area contributed by atoms with Gasteiger partial charge in [-0.15, -0.1) is 0 Å². The summed E-state index contributed by atoms with van der Waals surface area (Å²) in [4.78, 5) is 21.4. The van der Waals surface area contributed by atoms with Crippen LogP contribution in [0.3, 0.4) is 0 Å². The lowest BCUT2D eigenvalue weighted by Crippen LogP contribution is -2.51. The third-order valence-corrected chi connectivity index (χ3v) is 1.61. The fourth-order valence-electron chi connectivity index (χ4n) is 0.896. The summed E-state index contributed by atoms with van der Waals surface area (Å²) in [5.41, 5.74) is 0. The van der Waals surface area contributed by atoms with E-state index in [-0.39, 0.29) is 17.9 Å². The molecule has 1 fully saturated rings. The zero-order chi connectivity index (χ0) is 7.56. The summed E-state index contributed by atoms with van der Waals surface area (Å²) in [5.74, 6) is -0.205. The third kappa shape index (κ3) is 1.26. The van der Waals surface area contributed by atoms with Crippen molar-refractivity contribution in [3.05, 3.63) is 0 Å². The second-order valence-corrected chi connectivity index (χ2v) is 2.30. The third-order valence-electron chi connectivity index (χ3n) is 1.61. The number of amides is 3. The Bertz CT molecular complexity index is 167. The predicted molar refractivity (Wildman–Crippen MR) is 35.3 cm³/mol. The van der Waals surface area contributed by atoms with Crippen LogP contribution in [0.25, 0.3) is 0 Å². The Hall–Kier alpha value is -1.06. The molecular weight excluding hydrogens is 132 g/mol. The van der Waals surface area contributed by atoms with Gasteiger partial charge in [-0.2, -0.15) is 0 Å². The minimum atomic E-state index is -0.380. The molecule has 0 aromatic rings. The van der Waals surface area contributed by atoms with Crippen LogP contribution in [0.15, 0.2) is 0 Å². The van der Waals surface area contributed by atoms with E-state index >= 15 is 0 Å². The van der Waals surface area contributed by atoms with Gasteiger partial charge in [0.05, 0.1) is 5.92 Å². The average molecular weight is 142 g/mol. The van der Waals surface area contributed by atoms with Gasteiger partial charge in [0.15, 0.2) is 0 Å². The fourth-order valence-corrected chi connectivity index (χ4v) is 0.896. The van der Waals surface area contributed by atoms with Crippen LogP contribution in [-0.2, 0) is 4.79 Å². The largest absolute Gasteiger partial charge is 0.337 e. The van der Waals surface area contributed by atoms with Crippen LogP contribution in [-0.4, -0.2) is 18.5 Å². The van der Waals surface area contributed by atoms with Gasteiger partial charge in [0.25, 0.3) is 0 Å². The summed E-state index contributed by atoms with van der Waals surface area (Å²) in [7, 11) is 0. The first kappa shape index (κ1) is 7.05. The first-order chi connectivity index (χ1) is 4.74. The topological polar surface area (TPSA) is 58.2 Å². The van der Waals surface area contributed by atoms with Crippen LogP contribution < -0.4 is 10.6 Å². The molecule has 56 valence electrons. The van der Waals surface area contributed by atoms with Crippen molar-refractivity contribution in [3.8, 4) is 0 Å². The number of nitrogens with one attached hydrogen (secondary N) is 2. The highest BCUT2D eigenvalue weighted by Gasteiger charge is 2.23. The van der Waals surface area contributed by atoms with E-state index in [0.29, 0.717) is 6.54 Å². The van der Waals surface area contributed by atoms with Gasteiger partial charge in [-0.25, -0.2) is 4.79 Å². The van der Waals surface area contributed by atoms with Gasteiger partial charge in [-0.3, -0.25) is 10.1 Å². The van der Waals surface area contributed by atoms with Gasteiger partial charge < -0.3 is 5.32 Å². The number of carbonyl (C=O) groups excluding carboxylic acids is 2. The van der Waals surface area contributed by atoms with Crippen LogP contribution in [0.4, 0.5) is 4.79 Å². The van der Waals surface area contributed by atoms with Crippen molar-refractivity contribution >= 4 is 11.9 Å². The highest BCUT2D eigenvalue weighted by molar-refractivity contribution is 5.97. The molecule has 0 aliphatic carbocycles. The average Bonchev–Trinajstić information content (AvgIpc) is 1.88. The maximum absolute atomic E-state index is 10.9. The Labute approximate surface area is 59.0 Å². The summed E-state index contributed by atoms with van der Waals surface area (Å²) in [6.07, 6.45) is 0.770. The molecule has 0 saturated carbocycles. The molecule has 4 heteroatoms. The van der Waals surface area contributed by atoms with Crippen molar-refractivity contribution in [3.63, 3.8) is 0 Å². The van der Waals surface area contributed by atoms with E-state index in [4.69, 9.17) is 0 Å². The molecule has 3 amide bonds. The monoisotopic (exact) mass is 142 g/mol. The minimum Gasteiger partial charge on any atom is -0.337 e. The SMILES string of the molecule is CCC1CNC(=O)NC1=O. The van der Waals surface area contributed by atoms with E-state index in [9.17, 15) is 9.59 Å². The Morgan fingerprint density at radius 2 is 2.30 bits per heavy atom. The Morgan fingerprint density at radius 1 is 1.60 bits per heavy atom. The number of urea groups is 1. The number of rotatable bonds is 1. The lowest BCUT2D eigenvalue weighted by Gasteiger charge is -2.20. The molecule has 1 aliphatic rings. The fraction of sp³-hybridized carbons (Fsp3) is 0.667. The highest BCUT2D eigenvalue weighted by atomic mass is 16.2. The van der Waals surface area contributed by atoms with Crippen molar-refractivity contribution in [2.45, 2.75) is 13.3 Å². The van der Waals surface area contributed by atoms with Crippen LogP contribution in [0, 0.1) is 5.92 Å². The summed E-state index contributed by atoms with van der Waals surface area (Å²) in [6, 6.07) is -0.380. The minimum absolute atomic E-state index is 0.0438. The van der Waals surface area contributed by atoms with Crippen LogP contribution >= 0.6 is 0 Å². The highest BCUT2D eigenvalue weighted by Crippen LogP contribution is 2.03. The van der Waals surface area contributed by atoms with Crippen LogP contribution in [0.2, 0.25) is 0 Å². The van der Waals surface area contributed by atoms with Gasteiger partial charge in [-0.05, 0) is 6.42 Å². The molecule has 1 rings (SSSR count). The first-order valence-electron chi connectivity index (χ1n) is 3.32. The summed E-state index contributed by atoms with van der Waals surface area (Å²) >= 11 is 0. The molecule has 2 N–H and O–H groups in total. The Morgan fingerprint density at radius 3 is 2.80 bits per heavy atom. The van der Waals surface area contributed by atoms with Crippen LogP contribution in [0.5, 0.6) is 0 Å². The van der Waals surface area contributed by atoms with E-state index in [1.807, 2.05) is 6.92 Å². The number of carbonyl (C=O) groups is 2. The smallest absolute Gasteiger partial charge is 0.321 e. The number of hydrogen-bond donors (Lipinski definition) is 2. The van der Waals surface area contributed by atoms with Crippen molar-refractivity contribution in [1.82, 2.24) is 10.6 Å². The zero-order valence-electron chi connectivity index (χ0n) is 5.81. The maximum Gasteiger partial charge on any atom is 0.321 e.